The van der Waals surface area contributed by atoms with Gasteiger partial charge in [0.2, 0.25) is 0 Å². The Morgan fingerprint density at radius 2 is 1.74 bits per heavy atom. The second-order valence-corrected chi connectivity index (χ2v) is 5.82. The van der Waals surface area contributed by atoms with E-state index < -0.39 is 5.97 Å². The van der Waals surface area contributed by atoms with Crippen LogP contribution in [0.25, 0.3) is 11.8 Å². The monoisotopic (exact) mass is 366 g/mol. The summed E-state index contributed by atoms with van der Waals surface area (Å²) in [6.45, 7) is 7.83. The minimum absolute atomic E-state index is 0.0465. The number of carbonyl (C=O) groups is 2. The summed E-state index contributed by atoms with van der Waals surface area (Å²) in [6.07, 6.45) is 1.53. The number of hydrogen-bond donors (Lipinski definition) is 0. The van der Waals surface area contributed by atoms with E-state index in [4.69, 9.17) is 9.47 Å². The number of esters is 2. The van der Waals surface area contributed by atoms with E-state index in [0.29, 0.717) is 12.2 Å². The molecule has 0 saturated heterocycles. The van der Waals surface area contributed by atoms with Gasteiger partial charge in [0.1, 0.15) is 11.6 Å². The molecule has 1 aromatic carbocycles. The average molecular weight is 366 g/mol. The summed E-state index contributed by atoms with van der Waals surface area (Å²) in [5, 5.41) is 9.22. The topological polar surface area (TPSA) is 81.3 Å². The Hall–Kier alpha value is -3.33. The van der Waals surface area contributed by atoms with Crippen LogP contribution in [-0.4, -0.2) is 29.7 Å². The van der Waals surface area contributed by atoms with Crippen LogP contribution in [-0.2, 0) is 14.3 Å². The molecule has 0 amide bonds. The Morgan fingerprint density at radius 3 is 2.30 bits per heavy atom. The summed E-state index contributed by atoms with van der Waals surface area (Å²) in [7, 11) is 0. The van der Waals surface area contributed by atoms with Crippen molar-refractivity contribution in [2.45, 2.75) is 27.7 Å². The zero-order chi connectivity index (χ0) is 20.0. The van der Waals surface area contributed by atoms with E-state index in [9.17, 15) is 14.9 Å². The third kappa shape index (κ3) is 4.45. The zero-order valence-electron chi connectivity index (χ0n) is 15.9. The molecule has 0 spiro atoms. The predicted octanol–water partition coefficient (Wildman–Crippen LogP) is 3.74. The number of nitrogens with zero attached hydrogens (tertiary/aromatic N) is 2. The molecule has 0 aliphatic heterocycles. The minimum atomic E-state index is -0.636. The van der Waals surface area contributed by atoms with E-state index in [1.54, 1.807) is 26.0 Å². The van der Waals surface area contributed by atoms with Crippen LogP contribution in [0, 0.1) is 25.2 Å². The summed E-state index contributed by atoms with van der Waals surface area (Å²) >= 11 is 0. The maximum atomic E-state index is 11.8. The van der Waals surface area contributed by atoms with Crippen molar-refractivity contribution in [2.75, 3.05) is 13.2 Å². The fraction of sp³-hybridized carbons (Fsp3) is 0.286. The summed E-state index contributed by atoms with van der Waals surface area (Å²) in [5.74, 6) is -0.995. The van der Waals surface area contributed by atoms with Gasteiger partial charge in [-0.3, -0.25) is 0 Å². The van der Waals surface area contributed by atoms with Crippen LogP contribution in [0.2, 0.25) is 0 Å². The van der Waals surface area contributed by atoms with E-state index in [2.05, 4.69) is 0 Å². The molecule has 2 aromatic rings. The van der Waals surface area contributed by atoms with E-state index in [-0.39, 0.29) is 18.1 Å². The molecule has 0 N–H and O–H groups in total. The van der Waals surface area contributed by atoms with Crippen molar-refractivity contribution in [2.24, 2.45) is 0 Å². The van der Waals surface area contributed by atoms with Crippen molar-refractivity contribution in [1.29, 1.82) is 5.26 Å². The quantitative estimate of drug-likeness (QED) is 0.442. The highest BCUT2D eigenvalue weighted by Crippen LogP contribution is 2.23. The van der Waals surface area contributed by atoms with Crippen molar-refractivity contribution in [3.05, 3.63) is 58.4 Å². The molecule has 0 saturated carbocycles. The van der Waals surface area contributed by atoms with Gasteiger partial charge in [-0.05, 0) is 69.7 Å². The molecule has 0 aliphatic carbocycles. The number of nitriles is 1. The molecule has 0 bridgehead atoms. The largest absolute Gasteiger partial charge is 0.462 e. The van der Waals surface area contributed by atoms with Crippen LogP contribution in [0.4, 0.5) is 0 Å². The lowest BCUT2D eigenvalue weighted by Gasteiger charge is -2.10. The summed E-state index contributed by atoms with van der Waals surface area (Å²) in [4.78, 5) is 23.6. The van der Waals surface area contributed by atoms with Gasteiger partial charge in [-0.25, -0.2) is 9.59 Å². The van der Waals surface area contributed by atoms with E-state index in [1.165, 1.54) is 6.08 Å². The first-order valence-corrected chi connectivity index (χ1v) is 8.68. The standard InChI is InChI=1S/C21H22N2O4/c1-5-26-20(24)16-7-9-19(10-8-16)23-14(3)11-17(15(23)4)12-18(13-22)21(25)27-6-2/h7-12H,5-6H2,1-4H3/b18-12+. The van der Waals surface area contributed by atoms with Crippen molar-refractivity contribution in [3.8, 4) is 11.8 Å². The lowest BCUT2D eigenvalue weighted by molar-refractivity contribution is -0.137. The lowest BCUT2D eigenvalue weighted by atomic mass is 10.1. The minimum Gasteiger partial charge on any atom is -0.462 e. The summed E-state index contributed by atoms with van der Waals surface area (Å²) in [5.41, 5.74) is 3.86. The van der Waals surface area contributed by atoms with Gasteiger partial charge >= 0.3 is 11.9 Å². The normalized spacial score (nSPS) is 11.0. The third-order valence-corrected chi connectivity index (χ3v) is 4.02. The van der Waals surface area contributed by atoms with Gasteiger partial charge in [-0.2, -0.15) is 5.26 Å². The Kier molecular flexibility index (Phi) is 6.56. The first kappa shape index (κ1) is 20.0. The predicted molar refractivity (Wildman–Crippen MR) is 101 cm³/mol. The SMILES string of the molecule is CCOC(=O)/C(C#N)=C/c1cc(C)n(-c2ccc(C(=O)OCC)cc2)c1C. The molecule has 0 aliphatic rings. The van der Waals surface area contributed by atoms with Crippen LogP contribution in [0.3, 0.4) is 0 Å². The van der Waals surface area contributed by atoms with Gasteiger partial charge in [0.25, 0.3) is 0 Å². The fourth-order valence-electron chi connectivity index (χ4n) is 2.79. The number of aromatic nitrogens is 1. The highest BCUT2D eigenvalue weighted by atomic mass is 16.5. The zero-order valence-corrected chi connectivity index (χ0v) is 15.9. The van der Waals surface area contributed by atoms with Crippen molar-refractivity contribution < 1.29 is 19.1 Å². The fourth-order valence-corrected chi connectivity index (χ4v) is 2.79. The molecule has 2 rings (SSSR count). The molecular weight excluding hydrogens is 344 g/mol. The molecule has 6 nitrogen and oxygen atoms in total. The molecule has 0 atom stereocenters. The second-order valence-electron chi connectivity index (χ2n) is 5.82. The third-order valence-electron chi connectivity index (χ3n) is 4.02. The van der Waals surface area contributed by atoms with E-state index in [1.807, 2.05) is 42.7 Å². The first-order chi connectivity index (χ1) is 12.9. The summed E-state index contributed by atoms with van der Waals surface area (Å²) in [6, 6.07) is 10.9. The molecule has 0 fully saturated rings. The van der Waals surface area contributed by atoms with Crippen LogP contribution >= 0.6 is 0 Å². The van der Waals surface area contributed by atoms with Crippen LogP contribution < -0.4 is 0 Å². The smallest absolute Gasteiger partial charge is 0.348 e. The van der Waals surface area contributed by atoms with Crippen molar-refractivity contribution in [1.82, 2.24) is 4.57 Å². The van der Waals surface area contributed by atoms with Crippen LogP contribution in [0.5, 0.6) is 0 Å². The van der Waals surface area contributed by atoms with Gasteiger partial charge < -0.3 is 14.0 Å². The molecule has 1 heterocycles. The van der Waals surface area contributed by atoms with Crippen molar-refractivity contribution >= 4 is 18.0 Å². The Bertz CT molecular complexity index is 915. The van der Waals surface area contributed by atoms with Gasteiger partial charge in [0.15, 0.2) is 0 Å². The number of rotatable bonds is 6. The average Bonchev–Trinajstić information content (AvgIpc) is 2.93. The highest BCUT2D eigenvalue weighted by Gasteiger charge is 2.15. The van der Waals surface area contributed by atoms with Gasteiger partial charge in [-0.1, -0.05) is 0 Å². The molecule has 27 heavy (non-hydrogen) atoms. The number of benzene rings is 1. The molecule has 1 aromatic heterocycles. The van der Waals surface area contributed by atoms with E-state index in [0.717, 1.165) is 22.6 Å². The Morgan fingerprint density at radius 1 is 1.11 bits per heavy atom. The lowest BCUT2D eigenvalue weighted by Crippen LogP contribution is -2.06. The van der Waals surface area contributed by atoms with Gasteiger partial charge in [-0.15, -0.1) is 0 Å². The Balaban J connectivity index is 2.39. The maximum absolute atomic E-state index is 11.8. The Labute approximate surface area is 158 Å². The van der Waals surface area contributed by atoms with E-state index >= 15 is 0 Å². The number of aryl methyl sites for hydroxylation is 1. The van der Waals surface area contributed by atoms with Crippen LogP contribution in [0.15, 0.2) is 35.9 Å². The molecule has 0 unspecified atom stereocenters. The number of hydrogen-bond acceptors (Lipinski definition) is 5. The number of carbonyl (C=O) groups excluding carboxylic acids is 2. The number of ether oxygens (including phenoxy) is 2. The summed E-state index contributed by atoms with van der Waals surface area (Å²) < 4.78 is 11.9. The second kappa shape index (κ2) is 8.86. The van der Waals surface area contributed by atoms with Crippen molar-refractivity contribution in [3.63, 3.8) is 0 Å². The molecule has 0 radical (unpaired) electrons. The van der Waals surface area contributed by atoms with Crippen LogP contribution in [0.1, 0.15) is 41.2 Å². The van der Waals surface area contributed by atoms with Gasteiger partial charge in [0.05, 0.1) is 18.8 Å². The first-order valence-electron chi connectivity index (χ1n) is 8.68. The van der Waals surface area contributed by atoms with Gasteiger partial charge in [0, 0.05) is 17.1 Å². The molecule has 140 valence electrons. The maximum Gasteiger partial charge on any atom is 0.348 e. The highest BCUT2D eigenvalue weighted by molar-refractivity contribution is 5.98. The molecular formula is C21H22N2O4. The molecule has 6 heteroatoms.